The van der Waals surface area contributed by atoms with Crippen LogP contribution in [0.1, 0.15) is 60.4 Å². The molecule has 0 saturated carbocycles. The van der Waals surface area contributed by atoms with Crippen LogP contribution in [0.15, 0.2) is 89.4 Å². The van der Waals surface area contributed by atoms with E-state index < -0.39 is 5.92 Å². The number of Topliss-reactive ketones (excluding diaryl/α,β-unsaturated/α-hetero) is 1. The van der Waals surface area contributed by atoms with E-state index in [4.69, 9.17) is 17.3 Å². The van der Waals surface area contributed by atoms with Crippen molar-refractivity contribution < 1.29 is 4.79 Å². The first-order chi connectivity index (χ1) is 19.1. The molecule has 4 nitrogen and oxygen atoms in total. The van der Waals surface area contributed by atoms with Crippen molar-refractivity contribution in [2.24, 2.45) is 11.1 Å². The predicted molar refractivity (Wildman–Crippen MR) is 166 cm³/mol. The minimum atomic E-state index is -0.495. The van der Waals surface area contributed by atoms with E-state index in [0.29, 0.717) is 34.8 Å². The number of carbonyl (C=O) groups is 1. The van der Waals surface area contributed by atoms with Crippen molar-refractivity contribution in [3.63, 3.8) is 0 Å². The van der Waals surface area contributed by atoms with E-state index in [1.165, 1.54) is 16.7 Å². The van der Waals surface area contributed by atoms with Gasteiger partial charge in [0.2, 0.25) is 0 Å². The Labute approximate surface area is 246 Å². The summed E-state index contributed by atoms with van der Waals surface area (Å²) in [6, 6.07) is 24.6. The Morgan fingerprint density at radius 1 is 1.02 bits per heavy atom. The van der Waals surface area contributed by atoms with Crippen LogP contribution in [0.25, 0.3) is 0 Å². The van der Waals surface area contributed by atoms with E-state index in [1.807, 2.05) is 47.0 Å². The second-order valence-electron chi connectivity index (χ2n) is 11.6. The molecular formula is C34H34ClN3OS. The van der Waals surface area contributed by atoms with E-state index in [-0.39, 0.29) is 11.2 Å². The molecule has 1 aliphatic heterocycles. The van der Waals surface area contributed by atoms with Gasteiger partial charge in [-0.05, 0) is 77.8 Å². The zero-order valence-corrected chi connectivity index (χ0v) is 25.0. The van der Waals surface area contributed by atoms with Crippen LogP contribution in [-0.2, 0) is 16.3 Å². The average Bonchev–Trinajstić information content (AvgIpc) is 2.90. The highest BCUT2D eigenvalue weighted by Crippen LogP contribution is 2.51. The largest absolute Gasteiger partial charge is 0.384 e. The lowest BCUT2D eigenvalue weighted by Gasteiger charge is -2.44. The number of allylic oxidation sites excluding steroid dienone is 3. The monoisotopic (exact) mass is 567 g/mol. The Morgan fingerprint density at radius 2 is 1.73 bits per heavy atom. The molecule has 1 aliphatic carbocycles. The van der Waals surface area contributed by atoms with Gasteiger partial charge in [0.15, 0.2) is 5.78 Å². The van der Waals surface area contributed by atoms with Crippen molar-refractivity contribution >= 4 is 34.8 Å². The van der Waals surface area contributed by atoms with Gasteiger partial charge in [0.05, 0.1) is 17.6 Å². The summed E-state index contributed by atoms with van der Waals surface area (Å²) in [5.41, 5.74) is 15.1. The molecular weight excluding hydrogens is 534 g/mol. The SMILES string of the molecule is Cc1cc(C)c(C2C(C#N)=C(N)N(c3ccc(Cl)cc3)C3=C2C(=O)CC(C)(C)C3)cc1CSCc1ccccc1. The third kappa shape index (κ3) is 5.44. The Morgan fingerprint density at radius 3 is 2.40 bits per heavy atom. The van der Waals surface area contributed by atoms with Crippen molar-refractivity contribution in [3.05, 3.63) is 122 Å². The zero-order chi connectivity index (χ0) is 28.6. The van der Waals surface area contributed by atoms with E-state index in [2.05, 4.69) is 70.2 Å². The number of hydrogen-bond donors (Lipinski definition) is 1. The number of thioether (sulfide) groups is 1. The van der Waals surface area contributed by atoms with Crippen LogP contribution in [0.2, 0.25) is 5.02 Å². The van der Waals surface area contributed by atoms with Crippen LogP contribution in [0.4, 0.5) is 5.69 Å². The van der Waals surface area contributed by atoms with Crippen molar-refractivity contribution in [1.82, 2.24) is 0 Å². The first-order valence-electron chi connectivity index (χ1n) is 13.5. The summed E-state index contributed by atoms with van der Waals surface area (Å²) in [6.45, 7) is 8.43. The van der Waals surface area contributed by atoms with Crippen LogP contribution >= 0.6 is 23.4 Å². The molecule has 6 heteroatoms. The van der Waals surface area contributed by atoms with E-state index in [1.54, 1.807) is 0 Å². The number of halogens is 1. The van der Waals surface area contributed by atoms with Gasteiger partial charge in [0.1, 0.15) is 5.82 Å². The predicted octanol–water partition coefficient (Wildman–Crippen LogP) is 8.33. The molecule has 0 fully saturated rings. The van der Waals surface area contributed by atoms with Gasteiger partial charge in [-0.25, -0.2) is 0 Å². The molecule has 0 radical (unpaired) electrons. The summed E-state index contributed by atoms with van der Waals surface area (Å²) in [5.74, 6) is 1.72. The molecule has 0 amide bonds. The number of carbonyl (C=O) groups excluding carboxylic acids is 1. The fourth-order valence-electron chi connectivity index (χ4n) is 5.94. The van der Waals surface area contributed by atoms with Gasteiger partial charge in [-0.1, -0.05) is 67.9 Å². The quantitative estimate of drug-likeness (QED) is 0.324. The molecule has 2 N–H and O–H groups in total. The molecule has 1 unspecified atom stereocenters. The van der Waals surface area contributed by atoms with E-state index in [9.17, 15) is 10.1 Å². The minimum absolute atomic E-state index is 0.0791. The minimum Gasteiger partial charge on any atom is -0.384 e. The molecule has 3 aromatic rings. The molecule has 1 heterocycles. The van der Waals surface area contributed by atoms with Gasteiger partial charge < -0.3 is 5.73 Å². The number of anilines is 1. The van der Waals surface area contributed by atoms with Gasteiger partial charge in [-0.2, -0.15) is 17.0 Å². The summed E-state index contributed by atoms with van der Waals surface area (Å²) < 4.78 is 0. The molecule has 5 rings (SSSR count). The highest BCUT2D eigenvalue weighted by Gasteiger charge is 2.45. The lowest BCUT2D eigenvalue weighted by molar-refractivity contribution is -0.118. The summed E-state index contributed by atoms with van der Waals surface area (Å²) >= 11 is 8.05. The van der Waals surface area contributed by atoms with Crippen LogP contribution in [0.5, 0.6) is 0 Å². The Bertz CT molecular complexity index is 1570. The second kappa shape index (κ2) is 11.2. The second-order valence-corrected chi connectivity index (χ2v) is 13.0. The van der Waals surface area contributed by atoms with Crippen molar-refractivity contribution in [3.8, 4) is 6.07 Å². The molecule has 0 spiro atoms. The average molecular weight is 568 g/mol. The fraction of sp³-hybridized carbons (Fsp3) is 0.294. The first-order valence-corrected chi connectivity index (χ1v) is 15.1. The van der Waals surface area contributed by atoms with Gasteiger partial charge in [-0.15, -0.1) is 0 Å². The third-order valence-electron chi connectivity index (χ3n) is 7.87. The van der Waals surface area contributed by atoms with Crippen LogP contribution < -0.4 is 10.6 Å². The Kier molecular flexibility index (Phi) is 7.86. The maximum Gasteiger partial charge on any atom is 0.162 e. The summed E-state index contributed by atoms with van der Waals surface area (Å²) in [6.07, 6.45) is 1.11. The lowest BCUT2D eigenvalue weighted by Crippen LogP contribution is -2.42. The number of ketones is 1. The number of aryl methyl sites for hydroxylation is 2. The summed E-state index contributed by atoms with van der Waals surface area (Å²) in [7, 11) is 0. The molecule has 2 aliphatic rings. The number of nitriles is 1. The van der Waals surface area contributed by atoms with Gasteiger partial charge in [0.25, 0.3) is 0 Å². The van der Waals surface area contributed by atoms with Gasteiger partial charge in [-0.3, -0.25) is 9.69 Å². The Hall–Kier alpha value is -3.46. The highest BCUT2D eigenvalue weighted by atomic mass is 35.5. The zero-order valence-electron chi connectivity index (χ0n) is 23.4. The third-order valence-corrected chi connectivity index (χ3v) is 9.18. The van der Waals surface area contributed by atoms with E-state index >= 15 is 0 Å². The first kappa shape index (κ1) is 28.1. The molecule has 3 aromatic carbocycles. The maximum atomic E-state index is 13.9. The van der Waals surface area contributed by atoms with Crippen LogP contribution in [-0.4, -0.2) is 5.78 Å². The van der Waals surface area contributed by atoms with Crippen molar-refractivity contribution in [2.75, 3.05) is 4.90 Å². The summed E-state index contributed by atoms with van der Waals surface area (Å²) in [4.78, 5) is 15.8. The van der Waals surface area contributed by atoms with Crippen LogP contribution in [0.3, 0.4) is 0 Å². The van der Waals surface area contributed by atoms with Crippen molar-refractivity contribution in [1.29, 1.82) is 5.26 Å². The molecule has 1 atom stereocenters. The number of rotatable bonds is 6. The highest BCUT2D eigenvalue weighted by molar-refractivity contribution is 7.97. The topological polar surface area (TPSA) is 70.1 Å². The van der Waals surface area contributed by atoms with Gasteiger partial charge >= 0.3 is 0 Å². The molecule has 0 saturated heterocycles. The normalized spacial score (nSPS) is 18.6. The molecule has 0 bridgehead atoms. The fourth-order valence-corrected chi connectivity index (χ4v) is 7.13. The number of hydrogen-bond acceptors (Lipinski definition) is 5. The molecule has 204 valence electrons. The lowest BCUT2D eigenvalue weighted by atomic mass is 9.68. The number of nitrogens with zero attached hydrogens (tertiary/aromatic N) is 2. The standard InChI is InChI=1S/C34H34ClN3OS/c1-21-14-22(2)27(15-24(21)20-40-19-23-8-6-5-7-9-23)31-28(18-36)33(37)38(26-12-10-25(35)11-13-26)29-16-34(3,4)17-30(39)32(29)31/h5-15,31H,16-17,19-20,37H2,1-4H3. The van der Waals surface area contributed by atoms with Crippen LogP contribution in [0, 0.1) is 30.6 Å². The van der Waals surface area contributed by atoms with Gasteiger partial charge in [0, 0.05) is 39.9 Å². The Balaban J connectivity index is 1.61. The number of nitrogens with two attached hydrogens (primary N) is 1. The smallest absolute Gasteiger partial charge is 0.162 e. The molecule has 0 aromatic heterocycles. The van der Waals surface area contributed by atoms with E-state index in [0.717, 1.165) is 34.0 Å². The maximum absolute atomic E-state index is 13.9. The molecule has 40 heavy (non-hydrogen) atoms. The van der Waals surface area contributed by atoms with Crippen molar-refractivity contribution in [2.45, 2.75) is 58.0 Å². The summed E-state index contributed by atoms with van der Waals surface area (Å²) in [5, 5.41) is 11.1. The number of benzene rings is 3.